The van der Waals surface area contributed by atoms with Crippen LogP contribution in [0.3, 0.4) is 0 Å². The first kappa shape index (κ1) is 19.7. The lowest BCUT2D eigenvalue weighted by atomic mass is 10.0. The van der Waals surface area contributed by atoms with Crippen molar-refractivity contribution in [3.63, 3.8) is 0 Å². The number of nitrogens with two attached hydrogens (primary N) is 1. The van der Waals surface area contributed by atoms with Gasteiger partial charge in [-0.3, -0.25) is 4.79 Å². The number of aliphatic hydroxyl groups excluding tert-OH is 1. The summed E-state index contributed by atoms with van der Waals surface area (Å²) >= 11 is 1.53. The Labute approximate surface area is 157 Å². The summed E-state index contributed by atoms with van der Waals surface area (Å²) in [5, 5.41) is 12.3. The molecule has 2 heterocycles. The first-order valence-electron chi connectivity index (χ1n) is 8.06. The summed E-state index contributed by atoms with van der Waals surface area (Å²) in [5.74, 6) is 0.0615. The highest BCUT2D eigenvalue weighted by atomic mass is 35.5. The van der Waals surface area contributed by atoms with Gasteiger partial charge in [0.2, 0.25) is 5.91 Å². The summed E-state index contributed by atoms with van der Waals surface area (Å²) in [5.41, 5.74) is 7.32. The fraction of sp³-hybridized carbons (Fsp3) is 0.389. The van der Waals surface area contributed by atoms with Crippen molar-refractivity contribution >= 4 is 35.3 Å². The van der Waals surface area contributed by atoms with E-state index in [1.54, 1.807) is 12.1 Å². The molecule has 3 N–H and O–H groups in total. The number of hydrogen-bond donors (Lipinski definition) is 2. The average molecular weight is 383 g/mol. The molecule has 0 spiro atoms. The zero-order valence-electron chi connectivity index (χ0n) is 13.8. The highest BCUT2D eigenvalue weighted by Crippen LogP contribution is 2.26. The largest absolute Gasteiger partial charge is 0.399 e. The maximum atomic E-state index is 12.7. The minimum absolute atomic E-state index is 0. The van der Waals surface area contributed by atoms with E-state index in [0.29, 0.717) is 38.3 Å². The van der Waals surface area contributed by atoms with Crippen LogP contribution in [0.15, 0.2) is 41.8 Å². The van der Waals surface area contributed by atoms with Crippen molar-refractivity contribution in [1.82, 2.24) is 4.90 Å². The number of morpholine rings is 1. The molecule has 1 aromatic heterocycles. The molecular weight excluding hydrogens is 360 g/mol. The standard InChI is InChI=1S/C18H22N2O3S.ClH/c19-14-5-3-13(4-6-14)10-18(22)20-7-8-23-12-15(20)11-16(21)17-2-1-9-24-17;/h1-6,9,15-16,21H,7-8,10-12,19H2;1H. The van der Waals surface area contributed by atoms with Gasteiger partial charge in [0, 0.05) is 23.5 Å². The van der Waals surface area contributed by atoms with E-state index in [1.807, 2.05) is 34.5 Å². The molecule has 0 bridgehead atoms. The predicted molar refractivity (Wildman–Crippen MR) is 102 cm³/mol. The van der Waals surface area contributed by atoms with Crippen LogP contribution in [0.5, 0.6) is 0 Å². The second kappa shape index (κ2) is 9.20. The van der Waals surface area contributed by atoms with E-state index in [0.717, 1.165) is 10.4 Å². The van der Waals surface area contributed by atoms with Gasteiger partial charge in [-0.1, -0.05) is 18.2 Å². The first-order valence-corrected chi connectivity index (χ1v) is 8.94. The Hall–Kier alpha value is -1.60. The highest BCUT2D eigenvalue weighted by Gasteiger charge is 2.29. The van der Waals surface area contributed by atoms with Crippen LogP contribution in [0.4, 0.5) is 5.69 Å². The molecule has 136 valence electrons. The first-order chi connectivity index (χ1) is 11.6. The Morgan fingerprint density at radius 1 is 1.36 bits per heavy atom. The normalized spacial score (nSPS) is 18.4. The molecule has 1 amide bonds. The number of amides is 1. The van der Waals surface area contributed by atoms with E-state index in [9.17, 15) is 9.90 Å². The van der Waals surface area contributed by atoms with Gasteiger partial charge in [0.25, 0.3) is 0 Å². The predicted octanol–water partition coefficient (Wildman–Crippen LogP) is 2.65. The van der Waals surface area contributed by atoms with Crippen molar-refractivity contribution in [1.29, 1.82) is 0 Å². The Morgan fingerprint density at radius 3 is 2.80 bits per heavy atom. The third-order valence-electron chi connectivity index (χ3n) is 4.25. The number of anilines is 1. The van der Waals surface area contributed by atoms with Crippen molar-refractivity contribution < 1.29 is 14.6 Å². The van der Waals surface area contributed by atoms with Crippen LogP contribution in [-0.2, 0) is 16.0 Å². The van der Waals surface area contributed by atoms with Gasteiger partial charge in [-0.05, 0) is 29.1 Å². The van der Waals surface area contributed by atoms with E-state index in [-0.39, 0.29) is 24.4 Å². The van der Waals surface area contributed by atoms with Gasteiger partial charge in [0.05, 0.1) is 31.8 Å². The molecular formula is C18H23ClN2O3S. The molecule has 1 aromatic carbocycles. The van der Waals surface area contributed by atoms with Gasteiger partial charge in [-0.2, -0.15) is 0 Å². The third-order valence-corrected chi connectivity index (χ3v) is 5.22. The topological polar surface area (TPSA) is 75.8 Å². The minimum atomic E-state index is -0.566. The average Bonchev–Trinajstić information content (AvgIpc) is 3.12. The number of ether oxygens (including phenoxy) is 1. The molecule has 0 saturated carbocycles. The Kier molecular flexibility index (Phi) is 7.25. The smallest absolute Gasteiger partial charge is 0.227 e. The van der Waals surface area contributed by atoms with Gasteiger partial charge in [0.1, 0.15) is 0 Å². The Morgan fingerprint density at radius 2 is 2.12 bits per heavy atom. The monoisotopic (exact) mass is 382 g/mol. The molecule has 1 aliphatic rings. The zero-order valence-corrected chi connectivity index (χ0v) is 15.5. The van der Waals surface area contributed by atoms with Crippen molar-refractivity contribution in [2.75, 3.05) is 25.5 Å². The van der Waals surface area contributed by atoms with E-state index in [1.165, 1.54) is 11.3 Å². The lowest BCUT2D eigenvalue weighted by Gasteiger charge is -2.36. The number of nitrogen functional groups attached to an aromatic ring is 1. The maximum absolute atomic E-state index is 12.7. The lowest BCUT2D eigenvalue weighted by Crippen LogP contribution is -2.49. The SMILES string of the molecule is Cl.Nc1ccc(CC(=O)N2CCOCC2CC(O)c2cccs2)cc1. The van der Waals surface area contributed by atoms with E-state index in [4.69, 9.17) is 10.5 Å². The summed E-state index contributed by atoms with van der Waals surface area (Å²) in [6.07, 6.45) is 0.267. The Balaban J connectivity index is 0.00000225. The molecule has 1 fully saturated rings. The van der Waals surface area contributed by atoms with Gasteiger partial charge in [0.15, 0.2) is 0 Å². The molecule has 2 unspecified atom stereocenters. The molecule has 0 aliphatic carbocycles. The summed E-state index contributed by atoms with van der Waals surface area (Å²) < 4.78 is 5.53. The molecule has 2 atom stereocenters. The third kappa shape index (κ3) is 5.19. The van der Waals surface area contributed by atoms with Crippen LogP contribution in [0.1, 0.15) is 23.0 Å². The number of thiophene rings is 1. The molecule has 1 saturated heterocycles. The maximum Gasteiger partial charge on any atom is 0.227 e. The van der Waals surface area contributed by atoms with E-state index < -0.39 is 6.10 Å². The summed E-state index contributed by atoms with van der Waals surface area (Å²) in [4.78, 5) is 15.5. The number of hydrogen-bond acceptors (Lipinski definition) is 5. The number of rotatable bonds is 5. The molecule has 5 nitrogen and oxygen atoms in total. The van der Waals surface area contributed by atoms with Crippen LogP contribution >= 0.6 is 23.7 Å². The number of carbonyl (C=O) groups is 1. The summed E-state index contributed by atoms with van der Waals surface area (Å²) in [6, 6.07) is 11.1. The van der Waals surface area contributed by atoms with Gasteiger partial charge < -0.3 is 20.5 Å². The lowest BCUT2D eigenvalue weighted by molar-refractivity contribution is -0.140. The van der Waals surface area contributed by atoms with E-state index in [2.05, 4.69) is 0 Å². The van der Waals surface area contributed by atoms with Crippen molar-refractivity contribution in [3.8, 4) is 0 Å². The summed E-state index contributed by atoms with van der Waals surface area (Å²) in [7, 11) is 0. The highest BCUT2D eigenvalue weighted by molar-refractivity contribution is 7.10. The molecule has 2 aromatic rings. The van der Waals surface area contributed by atoms with Gasteiger partial charge in [-0.15, -0.1) is 23.7 Å². The fourth-order valence-electron chi connectivity index (χ4n) is 2.94. The molecule has 7 heteroatoms. The number of nitrogens with zero attached hydrogens (tertiary/aromatic N) is 1. The number of aliphatic hydroxyl groups is 1. The number of benzene rings is 1. The van der Waals surface area contributed by atoms with Crippen LogP contribution in [-0.4, -0.2) is 41.7 Å². The molecule has 25 heavy (non-hydrogen) atoms. The van der Waals surface area contributed by atoms with Crippen LogP contribution < -0.4 is 5.73 Å². The number of halogens is 1. The van der Waals surface area contributed by atoms with Crippen molar-refractivity contribution in [2.45, 2.75) is 25.0 Å². The number of carbonyl (C=O) groups excluding carboxylic acids is 1. The van der Waals surface area contributed by atoms with Gasteiger partial charge in [-0.25, -0.2) is 0 Å². The minimum Gasteiger partial charge on any atom is -0.399 e. The zero-order chi connectivity index (χ0) is 16.9. The van der Waals surface area contributed by atoms with Gasteiger partial charge >= 0.3 is 0 Å². The molecule has 0 radical (unpaired) electrons. The second-order valence-corrected chi connectivity index (χ2v) is 6.98. The van der Waals surface area contributed by atoms with Crippen LogP contribution in [0.2, 0.25) is 0 Å². The molecule has 1 aliphatic heterocycles. The van der Waals surface area contributed by atoms with Crippen molar-refractivity contribution in [2.24, 2.45) is 0 Å². The summed E-state index contributed by atoms with van der Waals surface area (Å²) in [6.45, 7) is 1.57. The van der Waals surface area contributed by atoms with Crippen molar-refractivity contribution in [3.05, 3.63) is 52.2 Å². The second-order valence-electron chi connectivity index (χ2n) is 6.00. The molecule has 3 rings (SSSR count). The van der Waals surface area contributed by atoms with Crippen LogP contribution in [0.25, 0.3) is 0 Å². The van der Waals surface area contributed by atoms with Crippen LogP contribution in [0, 0.1) is 0 Å². The fourth-order valence-corrected chi connectivity index (χ4v) is 3.67. The van der Waals surface area contributed by atoms with E-state index >= 15 is 0 Å². The Bertz CT molecular complexity index is 663. The quantitative estimate of drug-likeness (QED) is 0.779.